The highest BCUT2D eigenvalue weighted by atomic mass is 16.3. The van der Waals surface area contributed by atoms with Crippen LogP contribution < -0.4 is 0 Å². The first-order chi connectivity index (χ1) is 5.10. The van der Waals surface area contributed by atoms with Gasteiger partial charge in [-0.25, -0.2) is 0 Å². The van der Waals surface area contributed by atoms with Crippen molar-refractivity contribution >= 4 is 6.29 Å². The van der Waals surface area contributed by atoms with Crippen LogP contribution in [0.25, 0.3) is 0 Å². The van der Waals surface area contributed by atoms with Gasteiger partial charge in [0.15, 0.2) is 5.60 Å². The SMILES string of the molecule is CC1C(O)=CC=CC1(O)[C]=O. The number of carbonyl (C=O) groups excluding carboxylic acids is 1. The highest BCUT2D eigenvalue weighted by Crippen LogP contribution is 2.26. The Morgan fingerprint density at radius 3 is 2.82 bits per heavy atom. The van der Waals surface area contributed by atoms with Crippen LogP contribution in [0.4, 0.5) is 0 Å². The van der Waals surface area contributed by atoms with Gasteiger partial charge >= 0.3 is 0 Å². The molecule has 11 heavy (non-hydrogen) atoms. The highest BCUT2D eigenvalue weighted by Gasteiger charge is 2.35. The molecule has 1 radical (unpaired) electrons. The second kappa shape index (κ2) is 2.51. The molecule has 0 saturated carbocycles. The predicted molar refractivity (Wildman–Crippen MR) is 39.7 cm³/mol. The number of rotatable bonds is 1. The lowest BCUT2D eigenvalue weighted by Crippen LogP contribution is -2.38. The standard InChI is InChI=1S/C8H9O3/c1-6-7(10)3-2-4-8(6,11)5-9/h2-4,6,10-11H,1H3. The van der Waals surface area contributed by atoms with Gasteiger partial charge in [0.05, 0.1) is 11.7 Å². The predicted octanol–water partition coefficient (Wildman–Crippen LogP) is 0.475. The Morgan fingerprint density at radius 2 is 2.36 bits per heavy atom. The summed E-state index contributed by atoms with van der Waals surface area (Å²) in [5.74, 6) is -0.608. The average Bonchev–Trinajstić information content (AvgIpc) is 2.00. The third-order valence-corrected chi connectivity index (χ3v) is 1.88. The number of aliphatic hydroxyl groups is 2. The normalized spacial score (nSPS) is 36.5. The number of aliphatic hydroxyl groups excluding tert-OH is 1. The van der Waals surface area contributed by atoms with Crippen LogP contribution in [0.15, 0.2) is 24.0 Å². The number of allylic oxidation sites excluding steroid dienone is 2. The van der Waals surface area contributed by atoms with E-state index in [0.29, 0.717) is 0 Å². The van der Waals surface area contributed by atoms with Crippen molar-refractivity contribution in [3.63, 3.8) is 0 Å². The van der Waals surface area contributed by atoms with Crippen LogP contribution in [0.2, 0.25) is 0 Å². The van der Waals surface area contributed by atoms with Crippen LogP contribution in [0.5, 0.6) is 0 Å². The van der Waals surface area contributed by atoms with E-state index in [4.69, 9.17) is 5.11 Å². The molecule has 0 aromatic carbocycles. The zero-order chi connectivity index (χ0) is 8.48. The fourth-order valence-corrected chi connectivity index (χ4v) is 0.930. The monoisotopic (exact) mass is 153 g/mol. The van der Waals surface area contributed by atoms with Crippen molar-refractivity contribution in [3.05, 3.63) is 24.0 Å². The van der Waals surface area contributed by atoms with Gasteiger partial charge in [-0.3, -0.25) is 4.79 Å². The van der Waals surface area contributed by atoms with Gasteiger partial charge in [0.25, 0.3) is 0 Å². The van der Waals surface area contributed by atoms with E-state index in [-0.39, 0.29) is 5.76 Å². The lowest BCUT2D eigenvalue weighted by Gasteiger charge is -2.26. The zero-order valence-electron chi connectivity index (χ0n) is 6.11. The molecule has 0 saturated heterocycles. The second-order valence-corrected chi connectivity index (χ2v) is 2.60. The van der Waals surface area contributed by atoms with Crippen molar-refractivity contribution in [2.45, 2.75) is 12.5 Å². The summed E-state index contributed by atoms with van der Waals surface area (Å²) in [5, 5.41) is 18.5. The van der Waals surface area contributed by atoms with Gasteiger partial charge in [0, 0.05) is 0 Å². The highest BCUT2D eigenvalue weighted by molar-refractivity contribution is 5.68. The first-order valence-corrected chi connectivity index (χ1v) is 3.30. The van der Waals surface area contributed by atoms with Crippen LogP contribution in [-0.2, 0) is 4.79 Å². The summed E-state index contributed by atoms with van der Waals surface area (Å²) in [6.45, 7) is 1.56. The van der Waals surface area contributed by atoms with Crippen LogP contribution >= 0.6 is 0 Å². The minimum atomic E-state index is -1.65. The molecule has 2 unspecified atom stereocenters. The maximum Gasteiger partial charge on any atom is 0.237 e. The van der Waals surface area contributed by atoms with Crippen LogP contribution in [-0.4, -0.2) is 22.1 Å². The summed E-state index contributed by atoms with van der Waals surface area (Å²) in [5.41, 5.74) is -1.65. The summed E-state index contributed by atoms with van der Waals surface area (Å²) < 4.78 is 0. The lowest BCUT2D eigenvalue weighted by molar-refractivity contribution is 0.0916. The van der Waals surface area contributed by atoms with Crippen LogP contribution in [0, 0.1) is 5.92 Å². The quantitative estimate of drug-likeness (QED) is 0.576. The van der Waals surface area contributed by atoms with E-state index in [1.54, 1.807) is 6.92 Å². The Bertz CT molecular complexity index is 229. The van der Waals surface area contributed by atoms with E-state index < -0.39 is 11.5 Å². The Hall–Kier alpha value is -1.09. The van der Waals surface area contributed by atoms with E-state index in [9.17, 15) is 9.90 Å². The molecular formula is C8H9O3. The lowest BCUT2D eigenvalue weighted by atomic mass is 9.85. The molecule has 0 bridgehead atoms. The van der Waals surface area contributed by atoms with Crippen molar-refractivity contribution in [3.8, 4) is 0 Å². The number of hydrogen-bond acceptors (Lipinski definition) is 3. The summed E-state index contributed by atoms with van der Waals surface area (Å²) in [6, 6.07) is 0. The van der Waals surface area contributed by atoms with E-state index in [2.05, 4.69) is 0 Å². The fourth-order valence-electron chi connectivity index (χ4n) is 0.930. The summed E-state index contributed by atoms with van der Waals surface area (Å²) in [4.78, 5) is 10.3. The third kappa shape index (κ3) is 1.19. The van der Waals surface area contributed by atoms with Gasteiger partial charge in [0.2, 0.25) is 6.29 Å². The molecule has 0 spiro atoms. The Labute approximate surface area is 64.7 Å². The molecule has 2 atom stereocenters. The Morgan fingerprint density at radius 1 is 1.73 bits per heavy atom. The van der Waals surface area contributed by atoms with Crippen molar-refractivity contribution in [1.29, 1.82) is 0 Å². The molecule has 0 amide bonds. The minimum absolute atomic E-state index is 0.00153. The molecule has 0 aliphatic heterocycles. The molecule has 1 aliphatic carbocycles. The number of hydrogen-bond donors (Lipinski definition) is 2. The molecular weight excluding hydrogens is 144 g/mol. The van der Waals surface area contributed by atoms with Crippen molar-refractivity contribution in [1.82, 2.24) is 0 Å². The first-order valence-electron chi connectivity index (χ1n) is 3.30. The molecule has 0 aromatic rings. The van der Waals surface area contributed by atoms with Gasteiger partial charge in [-0.1, -0.05) is 13.0 Å². The van der Waals surface area contributed by atoms with Crippen LogP contribution in [0.1, 0.15) is 6.92 Å². The molecule has 0 fully saturated rings. The molecule has 2 N–H and O–H groups in total. The summed E-state index contributed by atoms with van der Waals surface area (Å²) in [6.07, 6.45) is 5.66. The summed E-state index contributed by atoms with van der Waals surface area (Å²) >= 11 is 0. The first kappa shape index (κ1) is 8.01. The smallest absolute Gasteiger partial charge is 0.237 e. The van der Waals surface area contributed by atoms with Gasteiger partial charge < -0.3 is 10.2 Å². The van der Waals surface area contributed by atoms with Gasteiger partial charge in [-0.15, -0.1) is 0 Å². The van der Waals surface area contributed by atoms with Crippen molar-refractivity contribution < 1.29 is 15.0 Å². The summed E-state index contributed by atoms with van der Waals surface area (Å²) in [7, 11) is 0. The van der Waals surface area contributed by atoms with Gasteiger partial charge in [-0.05, 0) is 12.2 Å². The van der Waals surface area contributed by atoms with E-state index in [1.807, 2.05) is 0 Å². The molecule has 59 valence electrons. The average molecular weight is 153 g/mol. The largest absolute Gasteiger partial charge is 0.512 e. The molecule has 1 aliphatic rings. The molecule has 3 nitrogen and oxygen atoms in total. The van der Waals surface area contributed by atoms with Gasteiger partial charge in [-0.2, -0.15) is 0 Å². The molecule has 1 rings (SSSR count). The van der Waals surface area contributed by atoms with E-state index in [0.717, 1.165) is 0 Å². The van der Waals surface area contributed by atoms with E-state index in [1.165, 1.54) is 24.5 Å². The second-order valence-electron chi connectivity index (χ2n) is 2.60. The Balaban J connectivity index is 2.97. The van der Waals surface area contributed by atoms with Crippen molar-refractivity contribution in [2.24, 2.45) is 5.92 Å². The minimum Gasteiger partial charge on any atom is -0.512 e. The molecule has 0 aromatic heterocycles. The topological polar surface area (TPSA) is 57.5 Å². The maximum absolute atomic E-state index is 10.3. The molecule has 3 heteroatoms. The fraction of sp³-hybridized carbons (Fsp3) is 0.375. The van der Waals surface area contributed by atoms with Gasteiger partial charge in [0.1, 0.15) is 0 Å². The molecule has 0 heterocycles. The van der Waals surface area contributed by atoms with Crippen molar-refractivity contribution in [2.75, 3.05) is 0 Å². The van der Waals surface area contributed by atoms with Crippen LogP contribution in [0.3, 0.4) is 0 Å². The zero-order valence-corrected chi connectivity index (χ0v) is 6.11. The van der Waals surface area contributed by atoms with E-state index >= 15 is 0 Å². The maximum atomic E-state index is 10.3. The Kier molecular flexibility index (Phi) is 1.83. The third-order valence-electron chi connectivity index (χ3n) is 1.88.